The molecule has 2 aromatic rings. The number of nitriles is 1. The van der Waals surface area contributed by atoms with Crippen LogP contribution in [0.25, 0.3) is 11.3 Å². The summed E-state index contributed by atoms with van der Waals surface area (Å²) in [6, 6.07) is 5.28. The second-order valence-corrected chi connectivity index (χ2v) is 5.23. The van der Waals surface area contributed by atoms with Gasteiger partial charge in [0.25, 0.3) is 0 Å². The van der Waals surface area contributed by atoms with E-state index in [0.29, 0.717) is 23.4 Å². The van der Waals surface area contributed by atoms with Crippen LogP contribution in [0.4, 0.5) is 11.8 Å². The largest absolute Gasteiger partial charge is 0.504 e. The van der Waals surface area contributed by atoms with Crippen LogP contribution < -0.4 is 16.2 Å². The van der Waals surface area contributed by atoms with Crippen molar-refractivity contribution < 1.29 is 9.84 Å². The van der Waals surface area contributed by atoms with Gasteiger partial charge >= 0.3 is 0 Å². The third-order valence-corrected chi connectivity index (χ3v) is 3.20. The van der Waals surface area contributed by atoms with Gasteiger partial charge in [-0.15, -0.1) is 0 Å². The molecular formula is C15H18N6O2. The van der Waals surface area contributed by atoms with E-state index in [9.17, 15) is 10.4 Å². The van der Waals surface area contributed by atoms with E-state index in [1.807, 2.05) is 25.1 Å². The van der Waals surface area contributed by atoms with Crippen LogP contribution in [-0.4, -0.2) is 41.2 Å². The van der Waals surface area contributed by atoms with Crippen LogP contribution in [0.5, 0.6) is 11.5 Å². The Morgan fingerprint density at radius 2 is 2.00 bits per heavy atom. The topological polar surface area (TPSA) is 134 Å². The lowest BCUT2D eigenvalue weighted by Gasteiger charge is -2.16. The number of nitrogen functional groups attached to an aromatic ring is 2. The lowest BCUT2D eigenvalue weighted by atomic mass is 10.0. The highest BCUT2D eigenvalue weighted by molar-refractivity contribution is 5.75. The molecule has 0 atom stereocenters. The molecule has 23 heavy (non-hydrogen) atoms. The van der Waals surface area contributed by atoms with Crippen molar-refractivity contribution in [2.24, 2.45) is 0 Å². The highest BCUT2D eigenvalue weighted by Crippen LogP contribution is 2.37. The van der Waals surface area contributed by atoms with Crippen LogP contribution in [0.15, 0.2) is 12.1 Å². The van der Waals surface area contributed by atoms with Gasteiger partial charge in [-0.1, -0.05) is 0 Å². The van der Waals surface area contributed by atoms with Crippen molar-refractivity contribution in [1.82, 2.24) is 14.9 Å². The van der Waals surface area contributed by atoms with E-state index in [-0.39, 0.29) is 28.8 Å². The lowest BCUT2D eigenvalue weighted by Crippen LogP contribution is -2.11. The molecule has 0 aliphatic heterocycles. The monoisotopic (exact) mass is 314 g/mol. The number of nitrogens with two attached hydrogens (primary N) is 2. The molecule has 0 amide bonds. The molecule has 8 heteroatoms. The summed E-state index contributed by atoms with van der Waals surface area (Å²) in [6.45, 7) is 0.480. The van der Waals surface area contributed by atoms with E-state index < -0.39 is 0 Å². The van der Waals surface area contributed by atoms with E-state index in [0.717, 1.165) is 0 Å². The molecule has 0 spiro atoms. The first-order valence-electron chi connectivity index (χ1n) is 6.75. The molecule has 0 radical (unpaired) electrons. The molecule has 8 nitrogen and oxygen atoms in total. The molecule has 0 fully saturated rings. The molecule has 0 aliphatic rings. The molecule has 1 heterocycles. The Morgan fingerprint density at radius 1 is 1.30 bits per heavy atom. The number of benzene rings is 1. The molecular weight excluding hydrogens is 296 g/mol. The summed E-state index contributed by atoms with van der Waals surface area (Å²) in [4.78, 5) is 9.80. The van der Waals surface area contributed by atoms with Crippen molar-refractivity contribution in [3.8, 4) is 28.8 Å². The average Bonchev–Trinajstić information content (AvgIpc) is 2.48. The Morgan fingerprint density at radius 3 is 2.57 bits per heavy atom. The minimum atomic E-state index is -0.0299. The lowest BCUT2D eigenvalue weighted by molar-refractivity contribution is 0.355. The second-order valence-electron chi connectivity index (χ2n) is 5.23. The SMILES string of the molecule is COc1cc(-c2nc(N)nc(N)c2C#N)cc(CN(C)C)c1O. The van der Waals surface area contributed by atoms with E-state index in [1.165, 1.54) is 7.11 Å². The van der Waals surface area contributed by atoms with E-state index in [4.69, 9.17) is 16.2 Å². The van der Waals surface area contributed by atoms with Gasteiger partial charge in [0, 0.05) is 17.7 Å². The van der Waals surface area contributed by atoms with Gasteiger partial charge in [0.05, 0.1) is 12.8 Å². The van der Waals surface area contributed by atoms with Gasteiger partial charge in [-0.3, -0.25) is 0 Å². The van der Waals surface area contributed by atoms with Gasteiger partial charge in [-0.05, 0) is 26.2 Å². The normalized spacial score (nSPS) is 10.6. The molecule has 0 unspecified atom stereocenters. The maximum Gasteiger partial charge on any atom is 0.222 e. The maximum atomic E-state index is 10.2. The zero-order chi connectivity index (χ0) is 17.1. The van der Waals surface area contributed by atoms with E-state index in [2.05, 4.69) is 9.97 Å². The van der Waals surface area contributed by atoms with Crippen LogP contribution in [0, 0.1) is 11.3 Å². The smallest absolute Gasteiger partial charge is 0.222 e. The number of nitrogens with zero attached hydrogens (tertiary/aromatic N) is 4. The van der Waals surface area contributed by atoms with E-state index in [1.54, 1.807) is 12.1 Å². The van der Waals surface area contributed by atoms with Gasteiger partial charge < -0.3 is 26.2 Å². The molecule has 5 N–H and O–H groups in total. The van der Waals surface area contributed by atoms with Crippen LogP contribution >= 0.6 is 0 Å². The maximum absolute atomic E-state index is 10.2. The van der Waals surface area contributed by atoms with E-state index >= 15 is 0 Å². The predicted octanol–water partition coefficient (Wildman–Crippen LogP) is 0.955. The number of methoxy groups -OCH3 is 1. The van der Waals surface area contributed by atoms with Crippen molar-refractivity contribution in [3.63, 3.8) is 0 Å². The summed E-state index contributed by atoms with van der Waals surface area (Å²) >= 11 is 0. The molecule has 0 saturated heterocycles. The first kappa shape index (κ1) is 16.3. The Kier molecular flexibility index (Phi) is 4.52. The number of aromatic nitrogens is 2. The highest BCUT2D eigenvalue weighted by atomic mass is 16.5. The molecule has 0 saturated carbocycles. The van der Waals surface area contributed by atoms with Crippen LogP contribution in [0.3, 0.4) is 0 Å². The standard InChI is InChI=1S/C15H18N6O2/c1-21(2)7-9-4-8(5-11(23-3)13(9)22)12-10(6-16)14(17)20-15(18)19-12/h4-5,22H,7H2,1-3H3,(H4,17,18,19,20). The predicted molar refractivity (Wildman–Crippen MR) is 86.6 cm³/mol. The fourth-order valence-electron chi connectivity index (χ4n) is 2.23. The minimum absolute atomic E-state index is 0.0104. The van der Waals surface area contributed by atoms with Crippen molar-refractivity contribution in [3.05, 3.63) is 23.3 Å². The van der Waals surface area contributed by atoms with Crippen molar-refractivity contribution >= 4 is 11.8 Å². The second kappa shape index (κ2) is 6.37. The molecule has 1 aromatic carbocycles. The van der Waals surface area contributed by atoms with Crippen molar-refractivity contribution in [2.45, 2.75) is 6.54 Å². The van der Waals surface area contributed by atoms with Crippen molar-refractivity contribution in [1.29, 1.82) is 5.26 Å². The van der Waals surface area contributed by atoms with Gasteiger partial charge in [-0.2, -0.15) is 10.2 Å². The van der Waals surface area contributed by atoms with Gasteiger partial charge in [0.15, 0.2) is 11.5 Å². The molecule has 1 aromatic heterocycles. The highest BCUT2D eigenvalue weighted by Gasteiger charge is 2.18. The number of anilines is 2. The van der Waals surface area contributed by atoms with Gasteiger partial charge in [0.1, 0.15) is 17.5 Å². The number of rotatable bonds is 4. The first-order valence-corrected chi connectivity index (χ1v) is 6.75. The minimum Gasteiger partial charge on any atom is -0.504 e. The van der Waals surface area contributed by atoms with Gasteiger partial charge in [0.2, 0.25) is 5.95 Å². The molecule has 0 aliphatic carbocycles. The van der Waals surface area contributed by atoms with Gasteiger partial charge in [-0.25, -0.2) is 4.98 Å². The molecule has 0 bridgehead atoms. The number of aromatic hydroxyl groups is 1. The Bertz CT molecular complexity index is 783. The third kappa shape index (κ3) is 3.25. The fraction of sp³-hybridized carbons (Fsp3) is 0.267. The number of ether oxygens (including phenoxy) is 1. The summed E-state index contributed by atoms with van der Waals surface area (Å²) in [5.41, 5.74) is 13.0. The Labute approximate surface area is 133 Å². The average molecular weight is 314 g/mol. The Balaban J connectivity index is 2.72. The quantitative estimate of drug-likeness (QED) is 0.759. The summed E-state index contributed by atoms with van der Waals surface area (Å²) < 4.78 is 5.21. The number of hydrogen-bond donors (Lipinski definition) is 3. The summed E-state index contributed by atoms with van der Waals surface area (Å²) in [5.74, 6) is 0.298. The molecule has 120 valence electrons. The fourth-order valence-corrected chi connectivity index (χ4v) is 2.23. The van der Waals surface area contributed by atoms with Crippen molar-refractivity contribution in [2.75, 3.05) is 32.7 Å². The first-order chi connectivity index (χ1) is 10.9. The van der Waals surface area contributed by atoms with Crippen LogP contribution in [-0.2, 0) is 6.54 Å². The van der Waals surface area contributed by atoms with Crippen LogP contribution in [0.1, 0.15) is 11.1 Å². The zero-order valence-electron chi connectivity index (χ0n) is 13.2. The third-order valence-electron chi connectivity index (χ3n) is 3.20. The summed E-state index contributed by atoms with van der Waals surface area (Å²) in [5, 5.41) is 19.6. The Hall–Kier alpha value is -3.05. The summed E-state index contributed by atoms with van der Waals surface area (Å²) in [7, 11) is 5.20. The van der Waals surface area contributed by atoms with Crippen LogP contribution in [0.2, 0.25) is 0 Å². The summed E-state index contributed by atoms with van der Waals surface area (Å²) in [6.07, 6.45) is 0. The number of phenolic OH excluding ortho intramolecular Hbond substituents is 1. The zero-order valence-corrected chi connectivity index (χ0v) is 13.2. The number of hydrogen-bond acceptors (Lipinski definition) is 8. The molecule has 2 rings (SSSR count). The number of phenols is 1.